The van der Waals surface area contributed by atoms with Gasteiger partial charge in [0.2, 0.25) is 0 Å². The summed E-state index contributed by atoms with van der Waals surface area (Å²) in [5, 5.41) is 0. The Labute approximate surface area is 153 Å². The lowest BCUT2D eigenvalue weighted by Gasteiger charge is -2.25. The fourth-order valence-corrected chi connectivity index (χ4v) is 3.02. The number of benzene rings is 1. The summed E-state index contributed by atoms with van der Waals surface area (Å²) in [6.45, 7) is 6.33. The number of amides is 1. The van der Waals surface area contributed by atoms with Gasteiger partial charge in [-0.2, -0.15) is 0 Å². The molecule has 0 aliphatic carbocycles. The maximum absolute atomic E-state index is 13.2. The highest BCUT2D eigenvalue weighted by molar-refractivity contribution is 9.10. The number of hydrogen-bond acceptors (Lipinski definition) is 2. The van der Waals surface area contributed by atoms with E-state index in [4.69, 9.17) is 0 Å². The second-order valence-electron chi connectivity index (χ2n) is 6.56. The molecule has 0 saturated heterocycles. The zero-order chi connectivity index (χ0) is 17.7. The molecule has 0 atom stereocenters. The van der Waals surface area contributed by atoms with Gasteiger partial charge in [-0.25, -0.2) is 0 Å². The average molecular weight is 392 g/mol. The van der Waals surface area contributed by atoms with Crippen molar-refractivity contribution in [1.82, 2.24) is 14.4 Å². The van der Waals surface area contributed by atoms with Crippen molar-refractivity contribution >= 4 is 21.8 Å². The van der Waals surface area contributed by atoms with Gasteiger partial charge in [-0.05, 0) is 55.5 Å². The quantitative estimate of drug-likeness (QED) is 0.712. The van der Waals surface area contributed by atoms with Gasteiger partial charge in [-0.15, -0.1) is 0 Å². The lowest BCUT2D eigenvalue weighted by atomic mass is 10.2. The van der Waals surface area contributed by atoms with Crippen LogP contribution in [0.2, 0.25) is 0 Å². The summed E-state index contributed by atoms with van der Waals surface area (Å²) >= 11 is 3.50. The first-order chi connectivity index (χ1) is 11.4. The molecule has 0 fully saturated rings. The highest BCUT2D eigenvalue weighted by atomic mass is 79.9. The Morgan fingerprint density at radius 2 is 1.83 bits per heavy atom. The zero-order valence-corrected chi connectivity index (χ0v) is 16.5. The predicted octanol–water partition coefficient (Wildman–Crippen LogP) is 4.04. The smallest absolute Gasteiger partial charge is 0.270 e. The number of carbonyl (C=O) groups is 1. The average Bonchev–Trinajstić information content (AvgIpc) is 2.94. The van der Waals surface area contributed by atoms with Crippen LogP contribution in [0.25, 0.3) is 0 Å². The third-order valence-corrected chi connectivity index (χ3v) is 4.34. The minimum Gasteiger partial charge on any atom is -0.340 e. The Balaban J connectivity index is 2.26. The molecule has 1 amide bonds. The molecule has 5 heteroatoms. The van der Waals surface area contributed by atoms with Crippen molar-refractivity contribution in [2.45, 2.75) is 26.4 Å². The molecular formula is C19H26BrN3O. The highest BCUT2D eigenvalue weighted by Crippen LogP contribution is 2.21. The van der Waals surface area contributed by atoms with E-state index in [9.17, 15) is 4.79 Å². The second kappa shape index (κ2) is 8.49. The van der Waals surface area contributed by atoms with Gasteiger partial charge >= 0.3 is 0 Å². The van der Waals surface area contributed by atoms with E-state index in [0.29, 0.717) is 13.1 Å². The second-order valence-corrected chi connectivity index (χ2v) is 7.48. The van der Waals surface area contributed by atoms with E-state index in [0.717, 1.165) is 22.3 Å². The van der Waals surface area contributed by atoms with Crippen molar-refractivity contribution in [3.63, 3.8) is 0 Å². The van der Waals surface area contributed by atoms with Crippen LogP contribution in [0.4, 0.5) is 0 Å². The van der Waals surface area contributed by atoms with Crippen LogP contribution in [-0.2, 0) is 6.54 Å². The fraction of sp³-hybridized carbons (Fsp3) is 0.421. The Morgan fingerprint density at radius 1 is 1.17 bits per heavy atom. The first-order valence-corrected chi connectivity index (χ1v) is 9.03. The van der Waals surface area contributed by atoms with Crippen molar-refractivity contribution in [2.75, 3.05) is 27.2 Å². The largest absolute Gasteiger partial charge is 0.340 e. The van der Waals surface area contributed by atoms with Crippen LogP contribution >= 0.6 is 15.9 Å². The monoisotopic (exact) mass is 391 g/mol. The molecule has 0 aliphatic rings. The van der Waals surface area contributed by atoms with E-state index in [1.165, 1.54) is 0 Å². The molecule has 0 radical (unpaired) electrons. The summed E-state index contributed by atoms with van der Waals surface area (Å²) in [5.41, 5.74) is 1.87. The van der Waals surface area contributed by atoms with Gasteiger partial charge in [-0.1, -0.05) is 30.3 Å². The molecule has 0 N–H and O–H groups in total. The van der Waals surface area contributed by atoms with Gasteiger partial charge in [0.15, 0.2) is 0 Å². The van der Waals surface area contributed by atoms with Gasteiger partial charge in [0.05, 0.1) is 0 Å². The van der Waals surface area contributed by atoms with Gasteiger partial charge in [0.25, 0.3) is 5.91 Å². The summed E-state index contributed by atoms with van der Waals surface area (Å²) in [7, 11) is 4.05. The van der Waals surface area contributed by atoms with Gasteiger partial charge in [0.1, 0.15) is 5.69 Å². The van der Waals surface area contributed by atoms with E-state index >= 15 is 0 Å². The molecule has 2 rings (SSSR count). The molecule has 4 nitrogen and oxygen atoms in total. The van der Waals surface area contributed by atoms with E-state index in [1.807, 2.05) is 54.0 Å². The number of likely N-dealkylation sites (N-methyl/N-ethyl adjacent to an activating group) is 1. The van der Waals surface area contributed by atoms with Crippen molar-refractivity contribution in [3.05, 3.63) is 58.3 Å². The van der Waals surface area contributed by atoms with Crippen molar-refractivity contribution in [1.29, 1.82) is 0 Å². The van der Waals surface area contributed by atoms with Crippen LogP contribution in [-0.4, -0.2) is 47.5 Å². The number of hydrogen-bond donors (Lipinski definition) is 0. The number of rotatable bonds is 7. The van der Waals surface area contributed by atoms with Crippen LogP contribution in [0, 0.1) is 0 Å². The summed E-state index contributed by atoms with van der Waals surface area (Å²) in [6.07, 6.45) is 1.98. The lowest BCUT2D eigenvalue weighted by molar-refractivity contribution is 0.0719. The topological polar surface area (TPSA) is 28.5 Å². The third-order valence-electron chi connectivity index (χ3n) is 3.91. The van der Waals surface area contributed by atoms with Crippen molar-refractivity contribution in [2.24, 2.45) is 0 Å². The summed E-state index contributed by atoms with van der Waals surface area (Å²) in [4.78, 5) is 17.2. The van der Waals surface area contributed by atoms with E-state index in [1.54, 1.807) is 0 Å². The molecule has 1 heterocycles. The van der Waals surface area contributed by atoms with Crippen molar-refractivity contribution in [3.8, 4) is 0 Å². The summed E-state index contributed by atoms with van der Waals surface area (Å²) < 4.78 is 2.96. The summed E-state index contributed by atoms with van der Waals surface area (Å²) in [5.74, 6) is 0.0695. The first kappa shape index (κ1) is 18.7. The van der Waals surface area contributed by atoms with Crippen LogP contribution < -0.4 is 0 Å². The Bertz CT molecular complexity index is 665. The Morgan fingerprint density at radius 3 is 2.42 bits per heavy atom. The SMILES string of the molecule is CC(C)n1cc(Br)cc1C(=O)N(CCN(C)C)Cc1ccccc1. The minimum atomic E-state index is 0.0695. The van der Waals surface area contributed by atoms with Crippen LogP contribution in [0.1, 0.15) is 35.9 Å². The predicted molar refractivity (Wildman–Crippen MR) is 102 cm³/mol. The molecule has 0 saturated carbocycles. The molecule has 0 bridgehead atoms. The van der Waals surface area contributed by atoms with E-state index in [2.05, 4.69) is 46.8 Å². The van der Waals surface area contributed by atoms with Gasteiger partial charge in [-0.3, -0.25) is 4.79 Å². The van der Waals surface area contributed by atoms with Crippen LogP contribution in [0.3, 0.4) is 0 Å². The first-order valence-electron chi connectivity index (χ1n) is 8.23. The molecule has 24 heavy (non-hydrogen) atoms. The van der Waals surface area contributed by atoms with Crippen LogP contribution in [0.15, 0.2) is 47.1 Å². The standard InChI is InChI=1S/C19H26BrN3O/c1-15(2)23-14-17(20)12-18(23)19(24)22(11-10-21(3)4)13-16-8-6-5-7-9-16/h5-9,12,14-15H,10-11,13H2,1-4H3. The zero-order valence-electron chi connectivity index (χ0n) is 14.9. The van der Waals surface area contributed by atoms with Crippen LogP contribution in [0.5, 0.6) is 0 Å². The fourth-order valence-electron chi connectivity index (χ4n) is 2.58. The number of nitrogens with zero attached hydrogens (tertiary/aromatic N) is 3. The van der Waals surface area contributed by atoms with Gasteiger partial charge < -0.3 is 14.4 Å². The molecule has 130 valence electrons. The number of halogens is 1. The molecule has 0 unspecified atom stereocenters. The van der Waals surface area contributed by atoms with E-state index in [-0.39, 0.29) is 11.9 Å². The third kappa shape index (κ3) is 4.95. The maximum atomic E-state index is 13.2. The Hall–Kier alpha value is -1.59. The molecular weight excluding hydrogens is 366 g/mol. The Kier molecular flexibility index (Phi) is 6.63. The summed E-state index contributed by atoms with van der Waals surface area (Å²) in [6, 6.07) is 12.3. The van der Waals surface area contributed by atoms with Crippen molar-refractivity contribution < 1.29 is 4.79 Å². The molecule has 0 spiro atoms. The van der Waals surface area contributed by atoms with E-state index < -0.39 is 0 Å². The number of carbonyl (C=O) groups excluding carboxylic acids is 1. The maximum Gasteiger partial charge on any atom is 0.270 e. The minimum absolute atomic E-state index is 0.0695. The molecule has 2 aromatic rings. The van der Waals surface area contributed by atoms with Gasteiger partial charge in [0, 0.05) is 36.3 Å². The number of aromatic nitrogens is 1. The lowest BCUT2D eigenvalue weighted by Crippen LogP contribution is -2.37. The normalized spacial score (nSPS) is 11.3. The molecule has 0 aliphatic heterocycles. The molecule has 1 aromatic heterocycles. The highest BCUT2D eigenvalue weighted by Gasteiger charge is 2.21. The molecule has 1 aromatic carbocycles.